The van der Waals surface area contributed by atoms with Gasteiger partial charge in [0.1, 0.15) is 23.7 Å². The van der Waals surface area contributed by atoms with Crippen LogP contribution in [0.3, 0.4) is 0 Å². The van der Waals surface area contributed by atoms with Crippen molar-refractivity contribution in [1.29, 1.82) is 0 Å². The minimum atomic E-state index is -1.47. The van der Waals surface area contributed by atoms with Gasteiger partial charge in [-0.2, -0.15) is 0 Å². The molecule has 2 N–H and O–H groups in total. The van der Waals surface area contributed by atoms with Crippen molar-refractivity contribution in [2.24, 2.45) is 11.8 Å². The van der Waals surface area contributed by atoms with Gasteiger partial charge in [-0.25, -0.2) is 0 Å². The number of carbonyl (C=O) groups excluding carboxylic acids is 4. The number of aliphatic hydroxyl groups excluding tert-OH is 1. The summed E-state index contributed by atoms with van der Waals surface area (Å²) in [6, 6.07) is 7.15. The molecule has 6 rings (SSSR count). The van der Waals surface area contributed by atoms with Crippen LogP contribution in [0.4, 0.5) is 0 Å². The molecule has 7 atom stereocenters. The SMILES string of the molecule is C[C@H]1CNC(=O)CC/C=C\[C@@H]2O[C@@]34C=CCN(CCN5CCOCC5)C(=O)[C@@H]3N([C@H](CO)c3ccccc3)C(=O)[C@H]4[C@@H]2C(=O)O1. The zero-order valence-electron chi connectivity index (χ0n) is 25.6. The first-order valence-electron chi connectivity index (χ1n) is 15.9. The van der Waals surface area contributed by atoms with E-state index in [0.29, 0.717) is 44.8 Å². The van der Waals surface area contributed by atoms with E-state index in [2.05, 4.69) is 10.2 Å². The molecule has 3 amide bonds. The first-order chi connectivity index (χ1) is 21.8. The summed E-state index contributed by atoms with van der Waals surface area (Å²) < 4.78 is 18.0. The molecule has 0 aliphatic carbocycles. The fourth-order valence-corrected chi connectivity index (χ4v) is 7.30. The van der Waals surface area contributed by atoms with Crippen LogP contribution in [0, 0.1) is 11.8 Å². The van der Waals surface area contributed by atoms with Crippen molar-refractivity contribution in [3.05, 3.63) is 60.2 Å². The van der Waals surface area contributed by atoms with Crippen molar-refractivity contribution >= 4 is 23.7 Å². The topological polar surface area (TPSA) is 138 Å². The lowest BCUT2D eigenvalue weighted by Crippen LogP contribution is -2.57. The average Bonchev–Trinajstić information content (AvgIpc) is 3.44. The first kappa shape index (κ1) is 31.4. The summed E-state index contributed by atoms with van der Waals surface area (Å²) in [5, 5.41) is 13.5. The summed E-state index contributed by atoms with van der Waals surface area (Å²) in [6.07, 6.45) is 6.32. The predicted octanol–water partition coefficient (Wildman–Crippen LogP) is 0.429. The number of esters is 1. The second-order valence-corrected chi connectivity index (χ2v) is 12.4. The summed E-state index contributed by atoms with van der Waals surface area (Å²) in [7, 11) is 0. The van der Waals surface area contributed by atoms with Gasteiger partial charge in [0.25, 0.3) is 0 Å². The standard InChI is InChI=1S/C33H42N4O8/c1-22-20-34-26(39)11-6-5-10-25-27(32(42)44-22)28-30(40)37(24(21-38)23-8-3-2-4-9-23)29-31(41)36(13-7-12-33(28,29)45-25)15-14-35-16-18-43-19-17-35/h2-5,7-10,12,22,24-25,27-29,38H,6,11,13-21H2,1H3,(H,34,39)/b10-5-/t22-,24+,25-,27+,28+,29-,33+/m0/s1. The molecule has 0 saturated carbocycles. The van der Waals surface area contributed by atoms with E-state index in [4.69, 9.17) is 14.2 Å². The molecular weight excluding hydrogens is 580 g/mol. The number of carbonyl (C=O) groups is 4. The molecule has 1 aromatic rings. The first-order valence-corrected chi connectivity index (χ1v) is 15.9. The monoisotopic (exact) mass is 622 g/mol. The van der Waals surface area contributed by atoms with Gasteiger partial charge in [-0.15, -0.1) is 0 Å². The molecule has 0 unspecified atom stereocenters. The van der Waals surface area contributed by atoms with E-state index in [0.717, 1.165) is 13.1 Å². The van der Waals surface area contributed by atoms with Gasteiger partial charge in [0.15, 0.2) is 0 Å². The number of nitrogens with one attached hydrogen (secondary N) is 1. The second-order valence-electron chi connectivity index (χ2n) is 12.4. The third-order valence-electron chi connectivity index (χ3n) is 9.54. The molecule has 242 valence electrons. The molecule has 1 aromatic carbocycles. The Kier molecular flexibility index (Phi) is 9.36. The smallest absolute Gasteiger partial charge is 0.313 e. The summed E-state index contributed by atoms with van der Waals surface area (Å²) in [6.45, 7) is 5.64. The van der Waals surface area contributed by atoms with E-state index in [1.54, 1.807) is 30.1 Å². The number of aliphatic hydroxyl groups is 1. The maximum Gasteiger partial charge on any atom is 0.313 e. The number of likely N-dealkylation sites (tertiary alicyclic amines) is 1. The van der Waals surface area contributed by atoms with Crippen molar-refractivity contribution < 1.29 is 38.5 Å². The highest BCUT2D eigenvalue weighted by Gasteiger charge is 2.72. The van der Waals surface area contributed by atoms with Crippen molar-refractivity contribution in [3.8, 4) is 0 Å². The summed E-state index contributed by atoms with van der Waals surface area (Å²) in [4.78, 5) is 60.9. The molecule has 12 heteroatoms. The van der Waals surface area contributed by atoms with Crippen LogP contribution in [-0.2, 0) is 33.4 Å². The van der Waals surface area contributed by atoms with Gasteiger partial charge < -0.3 is 34.4 Å². The third-order valence-corrected chi connectivity index (χ3v) is 9.54. The minimum absolute atomic E-state index is 0.141. The van der Waals surface area contributed by atoms with Gasteiger partial charge in [0.2, 0.25) is 17.7 Å². The molecule has 0 radical (unpaired) electrons. The van der Waals surface area contributed by atoms with E-state index in [1.807, 2.05) is 36.4 Å². The maximum absolute atomic E-state index is 14.7. The van der Waals surface area contributed by atoms with E-state index < -0.39 is 60.2 Å². The molecule has 1 spiro atoms. The van der Waals surface area contributed by atoms with Crippen LogP contribution in [0.1, 0.15) is 31.4 Å². The van der Waals surface area contributed by atoms with Crippen LogP contribution >= 0.6 is 0 Å². The van der Waals surface area contributed by atoms with E-state index in [1.165, 1.54) is 4.90 Å². The van der Waals surface area contributed by atoms with Crippen LogP contribution in [0.2, 0.25) is 0 Å². The number of hydrogen-bond donors (Lipinski definition) is 2. The number of allylic oxidation sites excluding steroid dienone is 1. The molecular formula is C33H42N4O8. The van der Waals surface area contributed by atoms with Gasteiger partial charge in [-0.3, -0.25) is 24.1 Å². The van der Waals surface area contributed by atoms with Crippen molar-refractivity contribution in [2.75, 3.05) is 59.1 Å². The molecule has 5 aliphatic rings. The highest BCUT2D eigenvalue weighted by molar-refractivity contribution is 5.99. The Morgan fingerprint density at radius 3 is 2.58 bits per heavy atom. The zero-order chi connectivity index (χ0) is 31.6. The number of rotatable bonds is 6. The fourth-order valence-electron chi connectivity index (χ4n) is 7.30. The van der Waals surface area contributed by atoms with Crippen molar-refractivity contribution in [2.45, 2.75) is 49.7 Å². The van der Waals surface area contributed by atoms with Gasteiger partial charge in [-0.1, -0.05) is 54.6 Å². The van der Waals surface area contributed by atoms with Gasteiger partial charge in [0, 0.05) is 39.1 Å². The highest BCUT2D eigenvalue weighted by Crippen LogP contribution is 2.54. The molecule has 5 aliphatic heterocycles. The Balaban J connectivity index is 1.40. The molecule has 5 heterocycles. The number of fused-ring (bicyclic) bond motifs is 2. The molecule has 0 bridgehead atoms. The number of amides is 3. The molecule has 3 saturated heterocycles. The van der Waals surface area contributed by atoms with Gasteiger partial charge >= 0.3 is 5.97 Å². The summed E-state index contributed by atoms with van der Waals surface area (Å²) >= 11 is 0. The van der Waals surface area contributed by atoms with Gasteiger partial charge in [-0.05, 0) is 18.9 Å². The van der Waals surface area contributed by atoms with E-state index in [9.17, 15) is 24.3 Å². The van der Waals surface area contributed by atoms with E-state index in [-0.39, 0.29) is 24.8 Å². The molecule has 0 aromatic heterocycles. The number of benzene rings is 1. The van der Waals surface area contributed by atoms with Crippen LogP contribution in [0.25, 0.3) is 0 Å². The van der Waals surface area contributed by atoms with Crippen LogP contribution in [0.15, 0.2) is 54.6 Å². The lowest BCUT2D eigenvalue weighted by Gasteiger charge is -2.39. The Bertz CT molecular complexity index is 1330. The summed E-state index contributed by atoms with van der Waals surface area (Å²) in [5.41, 5.74) is -0.799. The fraction of sp³-hybridized carbons (Fsp3) is 0.576. The Morgan fingerprint density at radius 2 is 1.82 bits per heavy atom. The van der Waals surface area contributed by atoms with Crippen LogP contribution in [-0.4, -0.2) is 126 Å². The van der Waals surface area contributed by atoms with E-state index >= 15 is 0 Å². The quantitative estimate of drug-likeness (QED) is 0.342. The Hall–Kier alpha value is -3.58. The van der Waals surface area contributed by atoms with Crippen LogP contribution < -0.4 is 5.32 Å². The Morgan fingerprint density at radius 1 is 1.04 bits per heavy atom. The minimum Gasteiger partial charge on any atom is -0.460 e. The van der Waals surface area contributed by atoms with Gasteiger partial charge in [0.05, 0.1) is 44.4 Å². The average molecular weight is 623 g/mol. The number of nitrogens with zero attached hydrogens (tertiary/aromatic N) is 3. The molecule has 45 heavy (non-hydrogen) atoms. The Labute approximate surface area is 262 Å². The highest BCUT2D eigenvalue weighted by atomic mass is 16.6. The van der Waals surface area contributed by atoms with Crippen molar-refractivity contribution in [1.82, 2.24) is 20.0 Å². The summed E-state index contributed by atoms with van der Waals surface area (Å²) in [5.74, 6) is -3.62. The predicted molar refractivity (Wildman–Crippen MR) is 161 cm³/mol. The number of ether oxygens (including phenoxy) is 3. The van der Waals surface area contributed by atoms with Crippen molar-refractivity contribution in [3.63, 3.8) is 0 Å². The van der Waals surface area contributed by atoms with Crippen LogP contribution in [0.5, 0.6) is 0 Å². The number of cyclic esters (lactones) is 1. The lowest BCUT2D eigenvalue weighted by atomic mass is 9.78. The lowest BCUT2D eigenvalue weighted by molar-refractivity contribution is -0.159. The zero-order valence-corrected chi connectivity index (χ0v) is 25.6. The number of hydrogen-bond acceptors (Lipinski definition) is 9. The largest absolute Gasteiger partial charge is 0.460 e. The maximum atomic E-state index is 14.7. The molecule has 12 nitrogen and oxygen atoms in total. The third kappa shape index (κ3) is 6.04. The second kappa shape index (κ2) is 13.4. The molecule has 3 fully saturated rings. The number of morpholine rings is 1. The normalized spacial score (nSPS) is 34.0.